The molecule has 0 bridgehead atoms. The van der Waals surface area contributed by atoms with Gasteiger partial charge in [-0.2, -0.15) is 11.8 Å². The molecule has 1 fully saturated rings. The van der Waals surface area contributed by atoms with Crippen molar-refractivity contribution in [2.45, 2.75) is 24.4 Å². The number of sulfone groups is 1. The van der Waals surface area contributed by atoms with E-state index in [4.69, 9.17) is 0 Å². The van der Waals surface area contributed by atoms with Crippen LogP contribution < -0.4 is 5.32 Å². The largest absolute Gasteiger partial charge is 0.347 e. The molecule has 2 atom stereocenters. The van der Waals surface area contributed by atoms with Crippen LogP contribution in [0.5, 0.6) is 0 Å². The lowest BCUT2D eigenvalue weighted by molar-refractivity contribution is -0.134. The smallest absolute Gasteiger partial charge is 0.241 e. The van der Waals surface area contributed by atoms with Crippen molar-refractivity contribution in [3.63, 3.8) is 0 Å². The fourth-order valence-electron chi connectivity index (χ4n) is 2.73. The average Bonchev–Trinajstić information content (AvgIpc) is 2.93. The molecule has 2 aliphatic rings. The van der Waals surface area contributed by atoms with Crippen molar-refractivity contribution in [2.75, 3.05) is 24.3 Å². The van der Waals surface area contributed by atoms with E-state index >= 15 is 0 Å². The number of carbonyl (C=O) groups excluding carboxylic acids is 1. The number of fused-ring (bicyclic) bond motifs is 1. The van der Waals surface area contributed by atoms with E-state index in [0.29, 0.717) is 25.3 Å². The predicted molar refractivity (Wildman–Crippen MR) is 80.6 cm³/mol. The van der Waals surface area contributed by atoms with Gasteiger partial charge in [0.05, 0.1) is 23.8 Å². The molecule has 1 amide bonds. The van der Waals surface area contributed by atoms with Crippen molar-refractivity contribution in [3.8, 4) is 0 Å². The van der Waals surface area contributed by atoms with Crippen molar-refractivity contribution in [3.05, 3.63) is 17.7 Å². The number of carbonyl (C=O) groups is 1. The van der Waals surface area contributed by atoms with Crippen LogP contribution in [0.2, 0.25) is 0 Å². The molecule has 21 heavy (non-hydrogen) atoms. The monoisotopic (exact) mass is 330 g/mol. The number of aromatic nitrogens is 2. The van der Waals surface area contributed by atoms with Crippen LogP contribution in [-0.2, 0) is 27.6 Å². The summed E-state index contributed by atoms with van der Waals surface area (Å²) in [6, 6.07) is -0.395. The SMILES string of the molecule is CS(=O)(=O)C1CSCCN1C(=O)C1Cc2nc[nH]c2CN1. The number of thioether (sulfide) groups is 1. The zero-order chi connectivity index (χ0) is 15.0. The number of H-pyrrole nitrogens is 1. The molecule has 2 aliphatic heterocycles. The zero-order valence-electron chi connectivity index (χ0n) is 11.7. The minimum Gasteiger partial charge on any atom is -0.347 e. The molecule has 0 aliphatic carbocycles. The third-order valence-corrected chi connectivity index (χ3v) is 6.53. The van der Waals surface area contributed by atoms with Gasteiger partial charge in [0.25, 0.3) is 0 Å². The van der Waals surface area contributed by atoms with Gasteiger partial charge in [-0.25, -0.2) is 13.4 Å². The van der Waals surface area contributed by atoms with Gasteiger partial charge in [-0.05, 0) is 0 Å². The summed E-state index contributed by atoms with van der Waals surface area (Å²) < 4.78 is 23.8. The van der Waals surface area contributed by atoms with E-state index in [9.17, 15) is 13.2 Å². The molecule has 0 radical (unpaired) electrons. The molecule has 2 unspecified atom stereocenters. The van der Waals surface area contributed by atoms with Crippen molar-refractivity contribution in [2.24, 2.45) is 0 Å². The second-order valence-corrected chi connectivity index (χ2v) is 8.71. The van der Waals surface area contributed by atoms with Gasteiger partial charge in [-0.1, -0.05) is 0 Å². The highest BCUT2D eigenvalue weighted by Gasteiger charge is 2.38. The third kappa shape index (κ3) is 2.95. The Morgan fingerprint density at radius 1 is 1.52 bits per heavy atom. The molecular weight excluding hydrogens is 312 g/mol. The summed E-state index contributed by atoms with van der Waals surface area (Å²) in [6.45, 7) is 1.03. The van der Waals surface area contributed by atoms with Crippen LogP contribution in [0.4, 0.5) is 0 Å². The topological polar surface area (TPSA) is 95.2 Å². The lowest BCUT2D eigenvalue weighted by Crippen LogP contribution is -2.57. The predicted octanol–water partition coefficient (Wildman–Crippen LogP) is -0.630. The Bertz CT molecular complexity index is 643. The summed E-state index contributed by atoms with van der Waals surface area (Å²) in [7, 11) is -3.27. The van der Waals surface area contributed by atoms with Gasteiger partial charge in [0.15, 0.2) is 9.84 Å². The molecule has 1 aromatic rings. The van der Waals surface area contributed by atoms with Crippen molar-refractivity contribution < 1.29 is 13.2 Å². The maximum atomic E-state index is 12.7. The van der Waals surface area contributed by atoms with Crippen molar-refractivity contribution >= 4 is 27.5 Å². The van der Waals surface area contributed by atoms with Crippen LogP contribution >= 0.6 is 11.8 Å². The summed E-state index contributed by atoms with van der Waals surface area (Å²) in [5.74, 6) is 1.09. The van der Waals surface area contributed by atoms with Gasteiger partial charge in [-0.15, -0.1) is 0 Å². The van der Waals surface area contributed by atoms with Gasteiger partial charge in [-0.3, -0.25) is 10.1 Å². The van der Waals surface area contributed by atoms with Crippen LogP contribution in [0.1, 0.15) is 11.4 Å². The van der Waals surface area contributed by atoms with Crippen LogP contribution in [0.25, 0.3) is 0 Å². The molecule has 3 heterocycles. The molecule has 0 aromatic carbocycles. The molecule has 9 heteroatoms. The molecule has 1 saturated heterocycles. The lowest BCUT2D eigenvalue weighted by Gasteiger charge is -2.37. The zero-order valence-corrected chi connectivity index (χ0v) is 13.3. The Labute approximate surface area is 127 Å². The summed E-state index contributed by atoms with van der Waals surface area (Å²) in [6.07, 6.45) is 3.32. The molecular formula is C12H18N4O3S2. The van der Waals surface area contributed by atoms with Crippen LogP contribution in [0.3, 0.4) is 0 Å². The van der Waals surface area contributed by atoms with Gasteiger partial charge >= 0.3 is 0 Å². The Balaban J connectivity index is 1.78. The number of hydrogen-bond donors (Lipinski definition) is 2. The van der Waals surface area contributed by atoms with E-state index in [0.717, 1.165) is 17.1 Å². The molecule has 2 N–H and O–H groups in total. The Kier molecular flexibility index (Phi) is 3.98. The third-order valence-electron chi connectivity index (χ3n) is 3.89. The molecule has 7 nitrogen and oxygen atoms in total. The maximum Gasteiger partial charge on any atom is 0.241 e. The van der Waals surface area contributed by atoms with E-state index in [2.05, 4.69) is 15.3 Å². The second kappa shape index (κ2) is 5.62. The number of imidazole rings is 1. The number of hydrogen-bond acceptors (Lipinski definition) is 6. The Morgan fingerprint density at radius 2 is 2.33 bits per heavy atom. The number of rotatable bonds is 2. The number of amides is 1. The molecule has 0 saturated carbocycles. The number of aromatic amines is 1. The first-order chi connectivity index (χ1) is 9.97. The fraction of sp³-hybridized carbons (Fsp3) is 0.667. The first-order valence-corrected chi connectivity index (χ1v) is 9.89. The van der Waals surface area contributed by atoms with Crippen molar-refractivity contribution in [1.29, 1.82) is 0 Å². The summed E-state index contributed by atoms with van der Waals surface area (Å²) in [5, 5.41) is 2.45. The second-order valence-electron chi connectivity index (χ2n) is 5.36. The Hall–Kier alpha value is -1.06. The average molecular weight is 330 g/mol. The molecule has 0 spiro atoms. The Morgan fingerprint density at radius 3 is 3.10 bits per heavy atom. The highest BCUT2D eigenvalue weighted by Crippen LogP contribution is 2.23. The highest BCUT2D eigenvalue weighted by atomic mass is 32.2. The quantitative estimate of drug-likeness (QED) is 0.750. The lowest BCUT2D eigenvalue weighted by atomic mass is 10.0. The van der Waals surface area contributed by atoms with E-state index in [1.54, 1.807) is 18.1 Å². The highest BCUT2D eigenvalue weighted by molar-refractivity contribution is 8.00. The van der Waals surface area contributed by atoms with E-state index in [1.807, 2.05) is 0 Å². The minimum absolute atomic E-state index is 0.139. The van der Waals surface area contributed by atoms with Crippen LogP contribution in [0.15, 0.2) is 6.33 Å². The van der Waals surface area contributed by atoms with Gasteiger partial charge in [0, 0.05) is 37.3 Å². The first kappa shape index (κ1) is 14.9. The van der Waals surface area contributed by atoms with Gasteiger partial charge in [0.1, 0.15) is 5.37 Å². The standard InChI is InChI=1S/C12H18N4O3S2/c1-21(18,19)11-6-20-3-2-16(11)12(17)9-4-8-10(5-13-9)15-7-14-8/h7,9,11,13H,2-6H2,1H3,(H,14,15). The number of nitrogens with one attached hydrogen (secondary N) is 2. The van der Waals surface area contributed by atoms with Crippen LogP contribution in [-0.4, -0.2) is 64.9 Å². The molecule has 3 rings (SSSR count). The fourth-order valence-corrected chi connectivity index (χ4v) is 5.55. The summed E-state index contributed by atoms with van der Waals surface area (Å²) in [4.78, 5) is 21.5. The van der Waals surface area contributed by atoms with E-state index < -0.39 is 21.3 Å². The minimum atomic E-state index is -3.27. The van der Waals surface area contributed by atoms with E-state index in [-0.39, 0.29) is 5.91 Å². The number of nitrogens with zero attached hydrogens (tertiary/aromatic N) is 2. The summed E-state index contributed by atoms with van der Waals surface area (Å²) >= 11 is 1.58. The van der Waals surface area contributed by atoms with Gasteiger partial charge < -0.3 is 9.88 Å². The van der Waals surface area contributed by atoms with Crippen molar-refractivity contribution in [1.82, 2.24) is 20.2 Å². The first-order valence-electron chi connectivity index (χ1n) is 6.78. The molecule has 1 aromatic heterocycles. The summed E-state index contributed by atoms with van der Waals surface area (Å²) in [5.41, 5.74) is 1.88. The van der Waals surface area contributed by atoms with E-state index in [1.165, 1.54) is 11.2 Å². The maximum absolute atomic E-state index is 12.7. The molecule has 116 valence electrons. The van der Waals surface area contributed by atoms with Crippen LogP contribution in [0, 0.1) is 0 Å². The normalized spacial score (nSPS) is 26.4. The van der Waals surface area contributed by atoms with Gasteiger partial charge in [0.2, 0.25) is 5.91 Å².